The number of aryl methyl sites for hydroxylation is 1. The van der Waals surface area contributed by atoms with Gasteiger partial charge in [0.1, 0.15) is 5.76 Å². The van der Waals surface area contributed by atoms with Crippen LogP contribution in [0.25, 0.3) is 0 Å². The van der Waals surface area contributed by atoms with Crippen molar-refractivity contribution >= 4 is 15.9 Å². The summed E-state index contributed by atoms with van der Waals surface area (Å²) in [6.45, 7) is 0.662. The molecule has 31 heavy (non-hydrogen) atoms. The Balaban J connectivity index is 1.62. The van der Waals surface area contributed by atoms with Gasteiger partial charge in [-0.05, 0) is 61.2 Å². The first-order valence-corrected chi connectivity index (χ1v) is 11.6. The molecule has 4 rings (SSSR count). The highest BCUT2D eigenvalue weighted by Crippen LogP contribution is 2.26. The average molecular weight is 443 g/mol. The molecule has 1 aromatic carbocycles. The van der Waals surface area contributed by atoms with Crippen LogP contribution >= 0.6 is 0 Å². The Morgan fingerprint density at radius 1 is 1.13 bits per heavy atom. The van der Waals surface area contributed by atoms with Crippen LogP contribution in [0.1, 0.15) is 39.5 Å². The van der Waals surface area contributed by atoms with Crippen LogP contribution in [0.5, 0.6) is 0 Å². The number of carbonyl (C=O) groups is 1. The number of hydrogen-bond acceptors (Lipinski definition) is 5. The summed E-state index contributed by atoms with van der Waals surface area (Å²) in [5.74, 6) is 0.468. The molecule has 0 N–H and O–H groups in total. The lowest BCUT2D eigenvalue weighted by atomic mass is 10.1. The Kier molecular flexibility index (Phi) is 5.72. The zero-order chi connectivity index (χ0) is 22.2. The van der Waals surface area contributed by atoms with Crippen LogP contribution in [0, 0.1) is 0 Å². The zero-order valence-corrected chi connectivity index (χ0v) is 18.7. The third kappa shape index (κ3) is 4.15. The Morgan fingerprint density at radius 2 is 1.87 bits per heavy atom. The minimum atomic E-state index is -3.55. The number of nitrogens with zero attached hydrogens (tertiary/aromatic N) is 4. The van der Waals surface area contributed by atoms with Gasteiger partial charge in [0.05, 0.1) is 29.9 Å². The monoisotopic (exact) mass is 442 g/mol. The van der Waals surface area contributed by atoms with Crippen LogP contribution in [0.15, 0.2) is 52.0 Å². The van der Waals surface area contributed by atoms with E-state index in [1.807, 2.05) is 17.8 Å². The van der Waals surface area contributed by atoms with Gasteiger partial charge in [-0.1, -0.05) is 0 Å². The number of sulfonamides is 1. The average Bonchev–Trinajstić information content (AvgIpc) is 3.48. The maximum atomic E-state index is 13.4. The fourth-order valence-corrected chi connectivity index (χ4v) is 4.86. The zero-order valence-electron chi connectivity index (χ0n) is 17.9. The van der Waals surface area contributed by atoms with Crippen molar-refractivity contribution in [3.63, 3.8) is 0 Å². The van der Waals surface area contributed by atoms with Gasteiger partial charge in [0, 0.05) is 32.4 Å². The predicted molar refractivity (Wildman–Crippen MR) is 115 cm³/mol. The van der Waals surface area contributed by atoms with Crippen molar-refractivity contribution in [2.45, 2.75) is 37.2 Å². The molecule has 9 heteroatoms. The molecule has 0 saturated heterocycles. The fourth-order valence-electron chi connectivity index (χ4n) is 3.96. The maximum Gasteiger partial charge on any atom is 0.254 e. The normalized spacial score (nSPS) is 13.5. The van der Waals surface area contributed by atoms with Gasteiger partial charge < -0.3 is 9.32 Å². The molecule has 2 heterocycles. The van der Waals surface area contributed by atoms with Gasteiger partial charge in [-0.2, -0.15) is 5.10 Å². The van der Waals surface area contributed by atoms with E-state index in [1.165, 1.54) is 37.5 Å². The van der Waals surface area contributed by atoms with Gasteiger partial charge in [-0.15, -0.1) is 0 Å². The second-order valence-corrected chi connectivity index (χ2v) is 10.1. The van der Waals surface area contributed by atoms with Crippen molar-refractivity contribution < 1.29 is 17.6 Å². The van der Waals surface area contributed by atoms with E-state index >= 15 is 0 Å². The largest absolute Gasteiger partial charge is 0.467 e. The molecule has 0 radical (unpaired) electrons. The van der Waals surface area contributed by atoms with Crippen LogP contribution < -0.4 is 0 Å². The minimum Gasteiger partial charge on any atom is -0.467 e. The lowest BCUT2D eigenvalue weighted by Gasteiger charge is -2.22. The quantitative estimate of drug-likeness (QED) is 0.561. The number of hydrogen-bond donors (Lipinski definition) is 0. The first-order valence-electron chi connectivity index (χ1n) is 10.1. The van der Waals surface area contributed by atoms with Crippen molar-refractivity contribution in [3.8, 4) is 0 Å². The van der Waals surface area contributed by atoms with Crippen molar-refractivity contribution in [2.75, 3.05) is 14.1 Å². The predicted octanol–water partition coefficient (Wildman–Crippen LogP) is 2.59. The summed E-state index contributed by atoms with van der Waals surface area (Å²) in [6.07, 6.45) is 4.66. The number of aromatic nitrogens is 2. The summed E-state index contributed by atoms with van der Waals surface area (Å²) >= 11 is 0. The molecule has 0 saturated carbocycles. The second kappa shape index (κ2) is 8.32. The van der Waals surface area contributed by atoms with E-state index in [0.29, 0.717) is 24.4 Å². The molecule has 164 valence electrons. The van der Waals surface area contributed by atoms with Crippen molar-refractivity contribution in [1.82, 2.24) is 19.0 Å². The SMILES string of the molecule is CN(C)S(=O)(=O)c1ccc(C(=O)N(Cc2ccco2)Cc2nn(C)c3c2CCC3)cc1. The van der Waals surface area contributed by atoms with Gasteiger partial charge >= 0.3 is 0 Å². The van der Waals surface area contributed by atoms with E-state index < -0.39 is 10.0 Å². The minimum absolute atomic E-state index is 0.147. The van der Waals surface area contributed by atoms with E-state index in [2.05, 4.69) is 5.10 Å². The van der Waals surface area contributed by atoms with E-state index in [-0.39, 0.29) is 10.8 Å². The lowest BCUT2D eigenvalue weighted by Crippen LogP contribution is -2.30. The molecule has 2 aromatic heterocycles. The summed E-state index contributed by atoms with van der Waals surface area (Å²) in [5, 5.41) is 4.65. The number of benzene rings is 1. The van der Waals surface area contributed by atoms with E-state index in [1.54, 1.807) is 29.4 Å². The molecule has 0 aliphatic heterocycles. The lowest BCUT2D eigenvalue weighted by molar-refractivity contribution is 0.0714. The molecular formula is C22H26N4O4S. The van der Waals surface area contributed by atoms with Crippen LogP contribution in [-0.2, 0) is 43.0 Å². The highest BCUT2D eigenvalue weighted by molar-refractivity contribution is 7.89. The van der Waals surface area contributed by atoms with Crippen LogP contribution in [0.3, 0.4) is 0 Å². The Morgan fingerprint density at radius 3 is 2.52 bits per heavy atom. The van der Waals surface area contributed by atoms with Gasteiger partial charge in [0.15, 0.2) is 0 Å². The number of amides is 1. The maximum absolute atomic E-state index is 13.4. The molecule has 3 aromatic rings. The number of furan rings is 1. The number of rotatable bonds is 7. The standard InChI is InChI=1S/C22H26N4O4S/c1-24(2)31(28,29)18-11-9-16(10-12-18)22(27)26(14-17-6-5-13-30-17)15-20-19-7-4-8-21(19)25(3)23-20/h5-6,9-13H,4,7-8,14-15H2,1-3H3. The van der Waals surface area contributed by atoms with Crippen LogP contribution in [-0.4, -0.2) is 47.4 Å². The van der Waals surface area contributed by atoms with Crippen LogP contribution in [0.4, 0.5) is 0 Å². The van der Waals surface area contributed by atoms with Crippen molar-refractivity contribution in [3.05, 3.63) is 70.9 Å². The molecular weight excluding hydrogens is 416 g/mol. The van der Waals surface area contributed by atoms with Crippen molar-refractivity contribution in [2.24, 2.45) is 7.05 Å². The number of fused-ring (bicyclic) bond motifs is 1. The topological polar surface area (TPSA) is 88.7 Å². The Labute approximate surface area is 182 Å². The molecule has 1 aliphatic carbocycles. The first kappa shape index (κ1) is 21.3. The summed E-state index contributed by atoms with van der Waals surface area (Å²) in [5.41, 5.74) is 3.78. The molecule has 0 fully saturated rings. The van der Waals surface area contributed by atoms with Gasteiger partial charge in [0.2, 0.25) is 10.0 Å². The Bertz CT molecular complexity index is 1180. The molecule has 1 amide bonds. The summed E-state index contributed by atoms with van der Waals surface area (Å²) in [6, 6.07) is 9.65. The Hall–Kier alpha value is -2.91. The van der Waals surface area contributed by atoms with Gasteiger partial charge in [-0.3, -0.25) is 9.48 Å². The highest BCUT2D eigenvalue weighted by Gasteiger charge is 2.26. The third-order valence-electron chi connectivity index (χ3n) is 5.63. The van der Waals surface area contributed by atoms with Gasteiger partial charge in [0.25, 0.3) is 5.91 Å². The fraction of sp³-hybridized carbons (Fsp3) is 0.364. The molecule has 0 atom stereocenters. The second-order valence-electron chi connectivity index (χ2n) is 7.90. The molecule has 8 nitrogen and oxygen atoms in total. The van der Waals surface area contributed by atoms with Crippen LogP contribution in [0.2, 0.25) is 0 Å². The molecule has 0 spiro atoms. The summed E-state index contributed by atoms with van der Waals surface area (Å²) in [7, 11) is 1.34. The van der Waals surface area contributed by atoms with Gasteiger partial charge in [-0.25, -0.2) is 12.7 Å². The molecule has 0 unspecified atom stereocenters. The van der Waals surface area contributed by atoms with Crippen molar-refractivity contribution in [1.29, 1.82) is 0 Å². The first-order chi connectivity index (χ1) is 14.8. The van der Waals surface area contributed by atoms with E-state index in [4.69, 9.17) is 4.42 Å². The highest BCUT2D eigenvalue weighted by atomic mass is 32.2. The molecule has 0 bridgehead atoms. The number of carbonyl (C=O) groups excluding carboxylic acids is 1. The third-order valence-corrected chi connectivity index (χ3v) is 7.46. The summed E-state index contributed by atoms with van der Waals surface area (Å²) in [4.78, 5) is 15.2. The molecule has 1 aliphatic rings. The smallest absolute Gasteiger partial charge is 0.254 e. The summed E-state index contributed by atoms with van der Waals surface area (Å²) < 4.78 is 33.2. The van der Waals surface area contributed by atoms with E-state index in [9.17, 15) is 13.2 Å². The van der Waals surface area contributed by atoms with E-state index in [0.717, 1.165) is 29.3 Å².